The quantitative estimate of drug-likeness (QED) is 0.857. The zero-order chi connectivity index (χ0) is 15.5. The van der Waals surface area contributed by atoms with Gasteiger partial charge >= 0.3 is 0 Å². The van der Waals surface area contributed by atoms with Gasteiger partial charge in [-0.2, -0.15) is 17.0 Å². The molecule has 2 atom stereocenters. The van der Waals surface area contributed by atoms with Crippen LogP contribution >= 0.6 is 23.5 Å². The van der Waals surface area contributed by atoms with Crippen LogP contribution < -0.4 is 0 Å². The highest BCUT2D eigenvalue weighted by Gasteiger charge is 2.38. The van der Waals surface area contributed by atoms with Crippen molar-refractivity contribution in [3.8, 4) is 6.07 Å². The van der Waals surface area contributed by atoms with Crippen LogP contribution in [0.25, 0.3) is 0 Å². The average Bonchev–Trinajstić information content (AvgIpc) is 2.45. The molecule has 0 amide bonds. The standard InChI is InChI=1S/C16H22N2OS2/c1-11-8-12(2)18-15(13(11)9-17)21-10-16(19)7-5-4-6-14(16)20-3/h8,14,19H,4-7,10H2,1-3H3. The number of pyridine rings is 1. The van der Waals surface area contributed by atoms with Crippen LogP contribution in [0.2, 0.25) is 0 Å². The zero-order valence-electron chi connectivity index (χ0n) is 12.8. The van der Waals surface area contributed by atoms with Gasteiger partial charge in [-0.15, -0.1) is 11.8 Å². The predicted octanol–water partition coefficient (Wildman–Crippen LogP) is 3.70. The fourth-order valence-electron chi connectivity index (χ4n) is 2.93. The zero-order valence-corrected chi connectivity index (χ0v) is 14.5. The lowest BCUT2D eigenvalue weighted by Crippen LogP contribution is -2.45. The molecule has 0 spiro atoms. The Morgan fingerprint density at radius 1 is 1.48 bits per heavy atom. The molecule has 1 N–H and O–H groups in total. The van der Waals surface area contributed by atoms with Gasteiger partial charge in [0.15, 0.2) is 0 Å². The van der Waals surface area contributed by atoms with Crippen molar-refractivity contribution in [1.29, 1.82) is 5.26 Å². The molecular weight excluding hydrogens is 300 g/mol. The fourth-order valence-corrected chi connectivity index (χ4v) is 5.37. The van der Waals surface area contributed by atoms with Gasteiger partial charge in [-0.1, -0.05) is 12.8 Å². The second-order valence-electron chi connectivity index (χ2n) is 5.73. The van der Waals surface area contributed by atoms with E-state index in [1.807, 2.05) is 19.9 Å². The third-order valence-corrected chi connectivity index (χ3v) is 6.55. The Morgan fingerprint density at radius 3 is 2.90 bits per heavy atom. The highest BCUT2D eigenvalue weighted by molar-refractivity contribution is 8.00. The second kappa shape index (κ2) is 7.04. The van der Waals surface area contributed by atoms with E-state index >= 15 is 0 Å². The molecule has 0 saturated heterocycles. The van der Waals surface area contributed by atoms with Crippen LogP contribution in [0.15, 0.2) is 11.1 Å². The van der Waals surface area contributed by atoms with Crippen LogP contribution in [0.3, 0.4) is 0 Å². The Labute approximate surface area is 135 Å². The number of aliphatic hydroxyl groups is 1. The van der Waals surface area contributed by atoms with Crippen molar-refractivity contribution >= 4 is 23.5 Å². The van der Waals surface area contributed by atoms with E-state index in [9.17, 15) is 10.4 Å². The molecule has 1 aliphatic rings. The maximum absolute atomic E-state index is 10.9. The van der Waals surface area contributed by atoms with Gasteiger partial charge in [0, 0.05) is 16.7 Å². The van der Waals surface area contributed by atoms with Crippen LogP contribution in [-0.4, -0.2) is 33.0 Å². The smallest absolute Gasteiger partial charge is 0.114 e. The number of thioether (sulfide) groups is 2. The predicted molar refractivity (Wildman–Crippen MR) is 89.9 cm³/mol. The van der Waals surface area contributed by atoms with Gasteiger partial charge in [0.2, 0.25) is 0 Å². The van der Waals surface area contributed by atoms with E-state index in [0.717, 1.165) is 35.5 Å². The molecule has 0 aromatic carbocycles. The summed E-state index contributed by atoms with van der Waals surface area (Å²) in [5.74, 6) is 0.614. The van der Waals surface area contributed by atoms with E-state index in [4.69, 9.17) is 0 Å². The molecule has 1 heterocycles. The first-order valence-electron chi connectivity index (χ1n) is 7.26. The maximum atomic E-state index is 10.9. The normalized spacial score (nSPS) is 25.6. The summed E-state index contributed by atoms with van der Waals surface area (Å²) in [6.07, 6.45) is 6.27. The lowest BCUT2D eigenvalue weighted by Gasteiger charge is -2.38. The number of nitrogens with zero attached hydrogens (tertiary/aromatic N) is 2. The highest BCUT2D eigenvalue weighted by Crippen LogP contribution is 2.39. The van der Waals surface area contributed by atoms with E-state index in [0.29, 0.717) is 11.3 Å². The summed E-state index contributed by atoms with van der Waals surface area (Å²) in [5.41, 5.74) is 1.88. The Hall–Kier alpha value is -0.700. The van der Waals surface area contributed by atoms with E-state index in [1.165, 1.54) is 18.2 Å². The first kappa shape index (κ1) is 16.7. The summed E-state index contributed by atoms with van der Waals surface area (Å²) < 4.78 is 0. The highest BCUT2D eigenvalue weighted by atomic mass is 32.2. The molecule has 1 aromatic heterocycles. The van der Waals surface area contributed by atoms with Crippen molar-refractivity contribution in [3.63, 3.8) is 0 Å². The lowest BCUT2D eigenvalue weighted by molar-refractivity contribution is 0.0340. The van der Waals surface area contributed by atoms with E-state index in [2.05, 4.69) is 17.3 Å². The van der Waals surface area contributed by atoms with E-state index < -0.39 is 5.60 Å². The van der Waals surface area contributed by atoms with Gasteiger partial charge in [0.25, 0.3) is 0 Å². The van der Waals surface area contributed by atoms with Gasteiger partial charge < -0.3 is 5.11 Å². The molecule has 2 rings (SSSR count). The Kier molecular flexibility index (Phi) is 5.59. The minimum atomic E-state index is -0.644. The Morgan fingerprint density at radius 2 is 2.24 bits per heavy atom. The third-order valence-electron chi connectivity index (χ3n) is 4.09. The number of rotatable bonds is 4. The molecule has 5 heteroatoms. The molecule has 0 radical (unpaired) electrons. The monoisotopic (exact) mass is 322 g/mol. The largest absolute Gasteiger partial charge is 0.388 e. The fraction of sp³-hybridized carbons (Fsp3) is 0.625. The molecule has 2 unspecified atom stereocenters. The van der Waals surface area contributed by atoms with Gasteiger partial charge in [-0.3, -0.25) is 0 Å². The SMILES string of the molecule is CSC1CCCCC1(O)CSc1nc(C)cc(C)c1C#N. The molecule has 1 saturated carbocycles. The van der Waals surface area contributed by atoms with Gasteiger partial charge in [0.05, 0.1) is 11.2 Å². The van der Waals surface area contributed by atoms with Crippen LogP contribution in [0, 0.1) is 25.2 Å². The van der Waals surface area contributed by atoms with Crippen molar-refractivity contribution in [2.75, 3.05) is 12.0 Å². The topological polar surface area (TPSA) is 56.9 Å². The molecule has 1 aliphatic carbocycles. The molecule has 1 aromatic rings. The summed E-state index contributed by atoms with van der Waals surface area (Å²) in [6, 6.07) is 4.18. The van der Waals surface area contributed by atoms with Crippen LogP contribution in [0.1, 0.15) is 42.5 Å². The van der Waals surface area contributed by atoms with Crippen molar-refractivity contribution in [2.24, 2.45) is 0 Å². The summed E-state index contributed by atoms with van der Waals surface area (Å²) in [7, 11) is 0. The van der Waals surface area contributed by atoms with Crippen molar-refractivity contribution in [2.45, 2.75) is 55.4 Å². The number of nitriles is 1. The first-order valence-corrected chi connectivity index (χ1v) is 9.54. The van der Waals surface area contributed by atoms with Gasteiger partial charge in [-0.05, 0) is 44.6 Å². The molecule has 0 aliphatic heterocycles. The minimum Gasteiger partial charge on any atom is -0.388 e. The maximum Gasteiger partial charge on any atom is 0.114 e. The Balaban J connectivity index is 2.17. The first-order chi connectivity index (χ1) is 10.00. The second-order valence-corrected chi connectivity index (χ2v) is 7.74. The molecule has 114 valence electrons. The molecular formula is C16H22N2OS2. The van der Waals surface area contributed by atoms with Gasteiger partial charge in [0.1, 0.15) is 11.1 Å². The minimum absolute atomic E-state index is 0.287. The van der Waals surface area contributed by atoms with Crippen molar-refractivity contribution < 1.29 is 5.11 Å². The van der Waals surface area contributed by atoms with Gasteiger partial charge in [-0.25, -0.2) is 4.98 Å². The molecule has 1 fully saturated rings. The Bertz CT molecular complexity index is 556. The molecule has 0 bridgehead atoms. The number of aryl methyl sites for hydroxylation is 2. The van der Waals surface area contributed by atoms with E-state index in [-0.39, 0.29) is 5.25 Å². The summed E-state index contributed by atoms with van der Waals surface area (Å²) in [5, 5.41) is 21.3. The van der Waals surface area contributed by atoms with Crippen LogP contribution in [0.5, 0.6) is 0 Å². The van der Waals surface area contributed by atoms with Crippen molar-refractivity contribution in [3.05, 3.63) is 22.9 Å². The van der Waals surface area contributed by atoms with Crippen LogP contribution in [0.4, 0.5) is 0 Å². The van der Waals surface area contributed by atoms with Crippen LogP contribution in [-0.2, 0) is 0 Å². The lowest BCUT2D eigenvalue weighted by atomic mass is 9.86. The summed E-state index contributed by atoms with van der Waals surface area (Å²) in [6.45, 7) is 3.88. The average molecular weight is 322 g/mol. The summed E-state index contributed by atoms with van der Waals surface area (Å²) in [4.78, 5) is 4.49. The number of hydrogen-bond acceptors (Lipinski definition) is 5. The number of aromatic nitrogens is 1. The van der Waals surface area contributed by atoms with E-state index in [1.54, 1.807) is 11.8 Å². The van der Waals surface area contributed by atoms with Crippen molar-refractivity contribution in [1.82, 2.24) is 4.98 Å². The summed E-state index contributed by atoms with van der Waals surface area (Å²) >= 11 is 3.28. The number of hydrogen-bond donors (Lipinski definition) is 1. The molecule has 21 heavy (non-hydrogen) atoms. The third kappa shape index (κ3) is 3.74. The molecule has 3 nitrogen and oxygen atoms in total.